The van der Waals surface area contributed by atoms with Crippen LogP contribution in [0.15, 0.2) is 24.4 Å². The molecule has 2 N–H and O–H groups in total. The quantitative estimate of drug-likeness (QED) is 0.355. The van der Waals surface area contributed by atoms with Crippen molar-refractivity contribution in [1.82, 2.24) is 10.6 Å². The van der Waals surface area contributed by atoms with Gasteiger partial charge < -0.3 is 24.8 Å². The second kappa shape index (κ2) is 6.55. The van der Waals surface area contributed by atoms with E-state index in [9.17, 15) is 14.9 Å². The van der Waals surface area contributed by atoms with Crippen molar-refractivity contribution < 1.29 is 23.9 Å². The number of nitrogens with one attached hydrogen (secondary N) is 2. The zero-order valence-corrected chi connectivity index (χ0v) is 14.1. The van der Waals surface area contributed by atoms with Crippen LogP contribution in [0.25, 0.3) is 0 Å². The molecule has 0 aliphatic carbocycles. The fourth-order valence-electron chi connectivity index (χ4n) is 2.81. The number of nitrogens with zero attached hydrogens (tertiary/aromatic N) is 1. The molecule has 25 heavy (non-hydrogen) atoms. The van der Waals surface area contributed by atoms with Gasteiger partial charge in [-0.1, -0.05) is 6.58 Å². The number of esters is 1. The van der Waals surface area contributed by atoms with Gasteiger partial charge in [0.25, 0.3) is 5.69 Å². The molecule has 3 rings (SSSR count). The second-order valence-corrected chi connectivity index (χ2v) is 5.76. The highest BCUT2D eigenvalue weighted by Gasteiger charge is 2.41. The lowest BCUT2D eigenvalue weighted by molar-refractivity contribution is -0.385. The number of hydrogen-bond acceptors (Lipinski definition) is 7. The molecule has 0 unspecified atom stereocenters. The first-order valence-electron chi connectivity index (χ1n) is 7.43. The largest absolute Gasteiger partial charge is 0.465 e. The van der Waals surface area contributed by atoms with Gasteiger partial charge in [0.05, 0.1) is 29.2 Å². The SMILES string of the molecule is C=C1NC(=S)N[C@H](c2cc3c(cc2[N+](=O)[O-])OCO3)[C@H]1C(=O)OCC. The van der Waals surface area contributed by atoms with Crippen LogP contribution >= 0.6 is 12.2 Å². The maximum absolute atomic E-state index is 12.4. The van der Waals surface area contributed by atoms with Gasteiger partial charge in [-0.05, 0) is 25.2 Å². The fourth-order valence-corrected chi connectivity index (χ4v) is 3.07. The predicted octanol–water partition coefficient (Wildman–Crippen LogP) is 1.54. The van der Waals surface area contributed by atoms with Gasteiger partial charge in [-0.25, -0.2) is 0 Å². The van der Waals surface area contributed by atoms with Crippen molar-refractivity contribution in [3.63, 3.8) is 0 Å². The Balaban J connectivity index is 2.10. The van der Waals surface area contributed by atoms with Crippen LogP contribution in [-0.4, -0.2) is 29.4 Å². The number of rotatable bonds is 4. The summed E-state index contributed by atoms with van der Waals surface area (Å²) in [5.41, 5.74) is 0.324. The van der Waals surface area contributed by atoms with Crippen molar-refractivity contribution in [1.29, 1.82) is 0 Å². The maximum atomic E-state index is 12.4. The normalized spacial score (nSPS) is 21.3. The first-order chi connectivity index (χ1) is 11.9. The predicted molar refractivity (Wildman–Crippen MR) is 90.1 cm³/mol. The monoisotopic (exact) mass is 365 g/mol. The molecule has 1 fully saturated rings. The average Bonchev–Trinajstić information content (AvgIpc) is 3.00. The van der Waals surface area contributed by atoms with Crippen LogP contribution in [0.5, 0.6) is 11.5 Å². The van der Waals surface area contributed by atoms with E-state index in [1.54, 1.807) is 6.92 Å². The molecule has 1 saturated heterocycles. The van der Waals surface area contributed by atoms with E-state index in [-0.39, 0.29) is 35.5 Å². The molecule has 0 saturated carbocycles. The number of nitro benzene ring substituents is 1. The van der Waals surface area contributed by atoms with Gasteiger partial charge in [0.2, 0.25) is 6.79 Å². The molecular formula is C15H15N3O6S. The highest BCUT2D eigenvalue weighted by Crippen LogP contribution is 2.43. The molecule has 0 spiro atoms. The third kappa shape index (κ3) is 3.07. The average molecular weight is 365 g/mol. The number of nitro groups is 1. The van der Waals surface area contributed by atoms with Crippen molar-refractivity contribution in [2.45, 2.75) is 13.0 Å². The minimum Gasteiger partial charge on any atom is -0.465 e. The van der Waals surface area contributed by atoms with Crippen LogP contribution in [-0.2, 0) is 9.53 Å². The molecule has 1 aromatic rings. The third-order valence-electron chi connectivity index (χ3n) is 3.86. The Morgan fingerprint density at radius 3 is 2.80 bits per heavy atom. The van der Waals surface area contributed by atoms with Gasteiger partial charge >= 0.3 is 5.97 Å². The molecular weight excluding hydrogens is 350 g/mol. The molecule has 2 aliphatic heterocycles. The van der Waals surface area contributed by atoms with Crippen LogP contribution in [0.3, 0.4) is 0 Å². The number of ether oxygens (including phenoxy) is 3. The summed E-state index contributed by atoms with van der Waals surface area (Å²) in [5.74, 6) is -0.823. The lowest BCUT2D eigenvalue weighted by atomic mass is 9.88. The van der Waals surface area contributed by atoms with Crippen LogP contribution in [0.1, 0.15) is 18.5 Å². The molecule has 10 heteroatoms. The smallest absolute Gasteiger partial charge is 0.317 e. The standard InChI is InChI=1S/C15H15N3O6S/c1-3-22-14(19)12-7(2)16-15(25)17-13(12)8-4-10-11(24-6-23-10)5-9(8)18(20)21/h4-5,12-13H,2-3,6H2,1H3,(H2,16,17,25)/t12-,13+/m0/s1. The van der Waals surface area contributed by atoms with Crippen molar-refractivity contribution in [2.24, 2.45) is 5.92 Å². The summed E-state index contributed by atoms with van der Waals surface area (Å²) < 4.78 is 15.6. The Labute approximate surface area is 148 Å². The highest BCUT2D eigenvalue weighted by molar-refractivity contribution is 7.80. The Kier molecular flexibility index (Phi) is 4.45. The Hall–Kier alpha value is -2.88. The highest BCUT2D eigenvalue weighted by atomic mass is 32.1. The summed E-state index contributed by atoms with van der Waals surface area (Å²) in [6.07, 6.45) is 0. The first-order valence-corrected chi connectivity index (χ1v) is 7.84. The topological polar surface area (TPSA) is 112 Å². The van der Waals surface area contributed by atoms with E-state index in [0.717, 1.165) is 0 Å². The van der Waals surface area contributed by atoms with E-state index in [4.69, 9.17) is 26.4 Å². The van der Waals surface area contributed by atoms with Crippen molar-refractivity contribution in [3.8, 4) is 11.5 Å². The van der Waals surface area contributed by atoms with Crippen LogP contribution < -0.4 is 20.1 Å². The van der Waals surface area contributed by atoms with E-state index in [2.05, 4.69) is 17.2 Å². The summed E-state index contributed by atoms with van der Waals surface area (Å²) in [4.78, 5) is 23.4. The zero-order chi connectivity index (χ0) is 18.1. The number of fused-ring (bicyclic) bond motifs is 1. The molecule has 0 radical (unpaired) electrons. The van der Waals surface area contributed by atoms with Gasteiger partial charge in [-0.3, -0.25) is 14.9 Å². The maximum Gasteiger partial charge on any atom is 0.317 e. The van der Waals surface area contributed by atoms with E-state index in [1.807, 2.05) is 0 Å². The van der Waals surface area contributed by atoms with Crippen molar-refractivity contribution >= 4 is 29.0 Å². The molecule has 0 bridgehead atoms. The molecule has 2 aliphatic rings. The molecule has 2 atom stereocenters. The fraction of sp³-hybridized carbons (Fsp3) is 0.333. The Morgan fingerprint density at radius 2 is 2.16 bits per heavy atom. The number of hydrogen-bond donors (Lipinski definition) is 2. The minimum atomic E-state index is -0.897. The van der Waals surface area contributed by atoms with Gasteiger partial charge in [-0.2, -0.15) is 0 Å². The molecule has 0 aromatic heterocycles. The number of benzene rings is 1. The second-order valence-electron chi connectivity index (χ2n) is 5.35. The van der Waals surface area contributed by atoms with Crippen LogP contribution in [0, 0.1) is 16.0 Å². The zero-order valence-electron chi connectivity index (χ0n) is 13.2. The summed E-state index contributed by atoms with van der Waals surface area (Å²) in [5, 5.41) is 17.4. The van der Waals surface area contributed by atoms with E-state index in [1.165, 1.54) is 12.1 Å². The number of carbonyl (C=O) groups is 1. The molecule has 132 valence electrons. The van der Waals surface area contributed by atoms with E-state index in [0.29, 0.717) is 11.4 Å². The van der Waals surface area contributed by atoms with Gasteiger partial charge in [0.15, 0.2) is 16.6 Å². The summed E-state index contributed by atoms with van der Waals surface area (Å²) >= 11 is 5.11. The summed E-state index contributed by atoms with van der Waals surface area (Å²) in [7, 11) is 0. The van der Waals surface area contributed by atoms with E-state index < -0.39 is 22.9 Å². The third-order valence-corrected chi connectivity index (χ3v) is 4.08. The van der Waals surface area contributed by atoms with Gasteiger partial charge in [0, 0.05) is 5.70 Å². The van der Waals surface area contributed by atoms with Crippen LogP contribution in [0.4, 0.5) is 5.69 Å². The number of carbonyl (C=O) groups excluding carboxylic acids is 1. The molecule has 1 aromatic carbocycles. The van der Waals surface area contributed by atoms with Gasteiger partial charge in [0.1, 0.15) is 5.92 Å². The Bertz CT molecular complexity index is 781. The molecule has 0 amide bonds. The van der Waals surface area contributed by atoms with Crippen LogP contribution in [0.2, 0.25) is 0 Å². The van der Waals surface area contributed by atoms with Gasteiger partial charge in [-0.15, -0.1) is 0 Å². The summed E-state index contributed by atoms with van der Waals surface area (Å²) in [6.45, 7) is 5.62. The van der Waals surface area contributed by atoms with E-state index >= 15 is 0 Å². The first kappa shape index (κ1) is 17.0. The van der Waals surface area contributed by atoms with Crippen molar-refractivity contribution in [2.75, 3.05) is 13.4 Å². The molecule has 9 nitrogen and oxygen atoms in total. The lowest BCUT2D eigenvalue weighted by Gasteiger charge is -2.34. The molecule has 2 heterocycles. The lowest BCUT2D eigenvalue weighted by Crippen LogP contribution is -2.51. The summed E-state index contributed by atoms with van der Waals surface area (Å²) in [6, 6.07) is 1.93. The number of thiocarbonyl (C=S) groups is 1. The minimum absolute atomic E-state index is 0.0258. The Morgan fingerprint density at radius 1 is 1.48 bits per heavy atom. The van der Waals surface area contributed by atoms with Crippen molar-refractivity contribution in [3.05, 3.63) is 40.1 Å².